The Morgan fingerprint density at radius 1 is 1.20 bits per heavy atom. The lowest BCUT2D eigenvalue weighted by molar-refractivity contribution is 0.0414. The molecule has 0 aromatic carbocycles. The van der Waals surface area contributed by atoms with E-state index in [0.717, 1.165) is 13.0 Å². The molecule has 0 aliphatic heterocycles. The maximum absolute atomic E-state index is 5.98. The maximum atomic E-state index is 5.98. The molecule has 1 nitrogen and oxygen atoms in total. The van der Waals surface area contributed by atoms with Crippen molar-refractivity contribution >= 4 is 0 Å². The molecular weight excluding hydrogens is 184 g/mol. The fourth-order valence-corrected chi connectivity index (χ4v) is 2.30. The van der Waals surface area contributed by atoms with Crippen LogP contribution in [-0.4, -0.2) is 12.7 Å². The van der Waals surface area contributed by atoms with E-state index < -0.39 is 0 Å². The zero-order valence-electron chi connectivity index (χ0n) is 10.4. The molecule has 1 aliphatic carbocycles. The SMILES string of the molecule is CC/C=C(\CCC)COC1CCCCC1. The molecule has 1 aliphatic rings. The highest BCUT2D eigenvalue weighted by Crippen LogP contribution is 2.21. The van der Waals surface area contributed by atoms with E-state index in [4.69, 9.17) is 4.74 Å². The average Bonchev–Trinajstić information content (AvgIpc) is 2.28. The van der Waals surface area contributed by atoms with Crippen molar-refractivity contribution in [3.8, 4) is 0 Å². The minimum atomic E-state index is 0.552. The molecule has 1 fully saturated rings. The predicted molar refractivity (Wildman–Crippen MR) is 66.1 cm³/mol. The van der Waals surface area contributed by atoms with Gasteiger partial charge in [-0.1, -0.05) is 45.6 Å². The van der Waals surface area contributed by atoms with Gasteiger partial charge in [0.2, 0.25) is 0 Å². The first-order chi connectivity index (χ1) is 7.36. The monoisotopic (exact) mass is 210 g/mol. The Bertz CT molecular complexity index is 178. The molecule has 1 heteroatoms. The second-order valence-electron chi connectivity index (χ2n) is 4.59. The van der Waals surface area contributed by atoms with Crippen molar-refractivity contribution in [2.45, 2.75) is 71.3 Å². The van der Waals surface area contributed by atoms with Gasteiger partial charge in [-0.25, -0.2) is 0 Å². The minimum absolute atomic E-state index is 0.552. The quantitative estimate of drug-likeness (QED) is 0.588. The molecule has 0 radical (unpaired) electrons. The summed E-state index contributed by atoms with van der Waals surface area (Å²) in [4.78, 5) is 0. The summed E-state index contributed by atoms with van der Waals surface area (Å²) in [6, 6.07) is 0. The summed E-state index contributed by atoms with van der Waals surface area (Å²) in [5, 5.41) is 0. The molecule has 88 valence electrons. The minimum Gasteiger partial charge on any atom is -0.374 e. The first kappa shape index (κ1) is 12.8. The smallest absolute Gasteiger partial charge is 0.0680 e. The van der Waals surface area contributed by atoms with Crippen molar-refractivity contribution in [3.63, 3.8) is 0 Å². The number of hydrogen-bond acceptors (Lipinski definition) is 1. The van der Waals surface area contributed by atoms with E-state index in [-0.39, 0.29) is 0 Å². The van der Waals surface area contributed by atoms with E-state index in [1.165, 1.54) is 50.5 Å². The largest absolute Gasteiger partial charge is 0.374 e. The van der Waals surface area contributed by atoms with Gasteiger partial charge in [0.15, 0.2) is 0 Å². The Labute approximate surface area is 94.9 Å². The van der Waals surface area contributed by atoms with Crippen LogP contribution in [0, 0.1) is 0 Å². The van der Waals surface area contributed by atoms with Crippen LogP contribution in [0.5, 0.6) is 0 Å². The Morgan fingerprint density at radius 2 is 1.93 bits per heavy atom. The average molecular weight is 210 g/mol. The Hall–Kier alpha value is -0.300. The molecule has 0 N–H and O–H groups in total. The first-order valence-corrected chi connectivity index (χ1v) is 6.66. The number of allylic oxidation sites excluding steroid dienone is 1. The highest BCUT2D eigenvalue weighted by Gasteiger charge is 2.13. The molecule has 0 aromatic rings. The van der Waals surface area contributed by atoms with Crippen molar-refractivity contribution in [1.29, 1.82) is 0 Å². The van der Waals surface area contributed by atoms with Gasteiger partial charge in [0.1, 0.15) is 0 Å². The van der Waals surface area contributed by atoms with Crippen molar-refractivity contribution in [1.82, 2.24) is 0 Å². The fourth-order valence-electron chi connectivity index (χ4n) is 2.30. The van der Waals surface area contributed by atoms with Crippen LogP contribution in [0.1, 0.15) is 65.2 Å². The molecular formula is C14H26O. The van der Waals surface area contributed by atoms with E-state index in [9.17, 15) is 0 Å². The van der Waals surface area contributed by atoms with Crippen LogP contribution in [0.3, 0.4) is 0 Å². The molecule has 0 saturated heterocycles. The highest BCUT2D eigenvalue weighted by molar-refractivity contribution is 5.01. The standard InChI is InChI=1S/C14H26O/c1-3-8-13(9-4-2)12-15-14-10-6-5-7-11-14/h8,14H,3-7,9-12H2,1-2H3/b13-8+. The molecule has 1 saturated carbocycles. The van der Waals surface area contributed by atoms with Crippen LogP contribution in [0.4, 0.5) is 0 Å². The fraction of sp³-hybridized carbons (Fsp3) is 0.857. The van der Waals surface area contributed by atoms with Crippen molar-refractivity contribution < 1.29 is 4.74 Å². The van der Waals surface area contributed by atoms with E-state index in [0.29, 0.717) is 6.10 Å². The van der Waals surface area contributed by atoms with Crippen LogP contribution >= 0.6 is 0 Å². The van der Waals surface area contributed by atoms with Crippen LogP contribution in [0.2, 0.25) is 0 Å². The lowest BCUT2D eigenvalue weighted by Crippen LogP contribution is -2.17. The summed E-state index contributed by atoms with van der Waals surface area (Å²) < 4.78 is 5.98. The maximum Gasteiger partial charge on any atom is 0.0680 e. The summed E-state index contributed by atoms with van der Waals surface area (Å²) in [5.74, 6) is 0. The molecule has 1 rings (SSSR count). The molecule has 0 aromatic heterocycles. The molecule has 0 bridgehead atoms. The van der Waals surface area contributed by atoms with Crippen LogP contribution in [0.25, 0.3) is 0 Å². The number of ether oxygens (including phenoxy) is 1. The van der Waals surface area contributed by atoms with E-state index >= 15 is 0 Å². The second kappa shape index (κ2) is 7.92. The van der Waals surface area contributed by atoms with E-state index in [1.54, 1.807) is 0 Å². The number of rotatable bonds is 6. The van der Waals surface area contributed by atoms with E-state index in [2.05, 4.69) is 19.9 Å². The highest BCUT2D eigenvalue weighted by atomic mass is 16.5. The normalized spacial score (nSPS) is 19.5. The lowest BCUT2D eigenvalue weighted by Gasteiger charge is -2.22. The van der Waals surface area contributed by atoms with Gasteiger partial charge in [0, 0.05) is 0 Å². The van der Waals surface area contributed by atoms with Gasteiger partial charge in [-0.15, -0.1) is 0 Å². The Balaban J connectivity index is 2.22. The Kier molecular flexibility index (Phi) is 6.74. The molecule has 0 spiro atoms. The Morgan fingerprint density at radius 3 is 2.53 bits per heavy atom. The van der Waals surface area contributed by atoms with Crippen molar-refractivity contribution in [2.24, 2.45) is 0 Å². The van der Waals surface area contributed by atoms with Gasteiger partial charge in [0.25, 0.3) is 0 Å². The van der Waals surface area contributed by atoms with Crippen molar-refractivity contribution in [3.05, 3.63) is 11.6 Å². The summed E-state index contributed by atoms with van der Waals surface area (Å²) >= 11 is 0. The summed E-state index contributed by atoms with van der Waals surface area (Å²) in [6.07, 6.45) is 13.2. The summed E-state index contributed by atoms with van der Waals surface area (Å²) in [7, 11) is 0. The molecule has 0 unspecified atom stereocenters. The van der Waals surface area contributed by atoms with Crippen molar-refractivity contribution in [2.75, 3.05) is 6.61 Å². The first-order valence-electron chi connectivity index (χ1n) is 6.66. The molecule has 0 amide bonds. The summed E-state index contributed by atoms with van der Waals surface area (Å²) in [6.45, 7) is 5.33. The van der Waals surface area contributed by atoms with Crippen LogP contribution in [-0.2, 0) is 4.74 Å². The van der Waals surface area contributed by atoms with Crippen LogP contribution < -0.4 is 0 Å². The van der Waals surface area contributed by atoms with Gasteiger partial charge < -0.3 is 4.74 Å². The number of hydrogen-bond donors (Lipinski definition) is 0. The third-order valence-corrected chi connectivity index (χ3v) is 3.12. The van der Waals surface area contributed by atoms with Gasteiger partial charge in [-0.2, -0.15) is 0 Å². The van der Waals surface area contributed by atoms with Crippen LogP contribution in [0.15, 0.2) is 11.6 Å². The molecule has 0 atom stereocenters. The third-order valence-electron chi connectivity index (χ3n) is 3.12. The molecule has 0 heterocycles. The van der Waals surface area contributed by atoms with Gasteiger partial charge in [-0.05, 0) is 31.3 Å². The molecule has 15 heavy (non-hydrogen) atoms. The van der Waals surface area contributed by atoms with E-state index in [1.807, 2.05) is 0 Å². The summed E-state index contributed by atoms with van der Waals surface area (Å²) in [5.41, 5.74) is 1.51. The van der Waals surface area contributed by atoms with Gasteiger partial charge in [0.05, 0.1) is 12.7 Å². The zero-order valence-corrected chi connectivity index (χ0v) is 10.4. The topological polar surface area (TPSA) is 9.23 Å². The van der Waals surface area contributed by atoms with Gasteiger partial charge in [-0.3, -0.25) is 0 Å². The lowest BCUT2D eigenvalue weighted by atomic mass is 9.98. The second-order valence-corrected chi connectivity index (χ2v) is 4.59. The van der Waals surface area contributed by atoms with Gasteiger partial charge >= 0.3 is 0 Å². The third kappa shape index (κ3) is 5.36. The predicted octanol–water partition coefficient (Wildman–Crippen LogP) is 4.47. The zero-order chi connectivity index (χ0) is 10.9.